The molecule has 1 amide bonds. The van der Waals surface area contributed by atoms with Crippen LogP contribution in [0.25, 0.3) is 22.4 Å². The number of aromatic nitrogens is 2. The van der Waals surface area contributed by atoms with Crippen molar-refractivity contribution in [1.29, 1.82) is 0 Å². The highest BCUT2D eigenvalue weighted by atomic mass is 16.5. The number of nitrogens with one attached hydrogen (secondary N) is 2. The smallest absolute Gasteiger partial charge is 0.251 e. The van der Waals surface area contributed by atoms with Gasteiger partial charge in [-0.3, -0.25) is 4.79 Å². The van der Waals surface area contributed by atoms with Crippen LogP contribution in [0.1, 0.15) is 21.5 Å². The number of carbonyl (C=O) groups is 1. The van der Waals surface area contributed by atoms with E-state index in [0.29, 0.717) is 30.0 Å². The van der Waals surface area contributed by atoms with Crippen molar-refractivity contribution in [3.05, 3.63) is 77.4 Å². The molecule has 0 saturated heterocycles. The highest BCUT2D eigenvalue weighted by Crippen LogP contribution is 2.27. The average Bonchev–Trinajstić information content (AvgIpc) is 3.22. The number of ether oxygens (including phenoxy) is 2. The van der Waals surface area contributed by atoms with Crippen LogP contribution >= 0.6 is 0 Å². The maximum atomic E-state index is 12.5. The fourth-order valence-electron chi connectivity index (χ4n) is 3.50. The summed E-state index contributed by atoms with van der Waals surface area (Å²) >= 11 is 0. The molecule has 0 fully saturated rings. The normalized spacial score (nSPS) is 10.8. The van der Waals surface area contributed by atoms with Gasteiger partial charge in [0.15, 0.2) is 11.5 Å². The molecule has 0 bridgehead atoms. The van der Waals surface area contributed by atoms with E-state index in [4.69, 9.17) is 9.47 Å². The van der Waals surface area contributed by atoms with Crippen molar-refractivity contribution in [3.63, 3.8) is 0 Å². The van der Waals surface area contributed by atoms with Crippen molar-refractivity contribution in [2.75, 3.05) is 20.8 Å². The van der Waals surface area contributed by atoms with Crippen molar-refractivity contribution in [2.24, 2.45) is 0 Å². The molecule has 4 aromatic rings. The molecule has 0 saturated carbocycles. The van der Waals surface area contributed by atoms with Gasteiger partial charge in [0.25, 0.3) is 5.91 Å². The lowest BCUT2D eigenvalue weighted by molar-refractivity contribution is 0.0954. The number of benzene rings is 3. The number of imidazole rings is 1. The highest BCUT2D eigenvalue weighted by molar-refractivity contribution is 5.94. The molecule has 0 aliphatic heterocycles. The van der Waals surface area contributed by atoms with Gasteiger partial charge in [0.05, 0.1) is 25.3 Å². The first-order valence-corrected chi connectivity index (χ1v) is 10.1. The van der Waals surface area contributed by atoms with Crippen LogP contribution in [-0.4, -0.2) is 36.6 Å². The summed E-state index contributed by atoms with van der Waals surface area (Å²) in [7, 11) is 3.22. The first-order valence-electron chi connectivity index (χ1n) is 10.1. The molecular formula is C25H25N3O3. The Morgan fingerprint density at radius 3 is 2.48 bits per heavy atom. The molecule has 0 spiro atoms. The lowest BCUT2D eigenvalue weighted by Crippen LogP contribution is -2.25. The second-order valence-corrected chi connectivity index (χ2v) is 7.38. The SMILES string of the molecule is COc1ccc(CCNC(=O)c2ccc(-c3nc4ccc(C)cc4[nH]3)cc2)cc1OC. The fourth-order valence-corrected chi connectivity index (χ4v) is 3.50. The first kappa shape index (κ1) is 20.5. The van der Waals surface area contributed by atoms with Crippen LogP contribution < -0.4 is 14.8 Å². The summed E-state index contributed by atoms with van der Waals surface area (Å²) in [4.78, 5) is 20.5. The van der Waals surface area contributed by atoms with Crippen molar-refractivity contribution in [3.8, 4) is 22.9 Å². The molecule has 6 nitrogen and oxygen atoms in total. The summed E-state index contributed by atoms with van der Waals surface area (Å²) in [5.41, 5.74) is 5.74. The van der Waals surface area contributed by atoms with Gasteiger partial charge in [0, 0.05) is 17.7 Å². The topological polar surface area (TPSA) is 76.2 Å². The van der Waals surface area contributed by atoms with Crippen molar-refractivity contribution in [2.45, 2.75) is 13.3 Å². The second-order valence-electron chi connectivity index (χ2n) is 7.38. The Bertz CT molecular complexity index is 1210. The molecule has 1 heterocycles. The van der Waals surface area contributed by atoms with Crippen LogP contribution in [0, 0.1) is 6.92 Å². The molecule has 0 aliphatic carbocycles. The van der Waals surface area contributed by atoms with Gasteiger partial charge < -0.3 is 19.8 Å². The molecule has 1 aromatic heterocycles. The molecule has 6 heteroatoms. The molecule has 31 heavy (non-hydrogen) atoms. The van der Waals surface area contributed by atoms with E-state index in [-0.39, 0.29) is 5.91 Å². The Balaban J connectivity index is 1.38. The predicted molar refractivity (Wildman–Crippen MR) is 122 cm³/mol. The van der Waals surface area contributed by atoms with E-state index < -0.39 is 0 Å². The summed E-state index contributed by atoms with van der Waals surface area (Å²) in [6, 6.07) is 19.3. The molecular weight excluding hydrogens is 390 g/mol. The fraction of sp³-hybridized carbons (Fsp3) is 0.200. The molecule has 0 unspecified atom stereocenters. The average molecular weight is 415 g/mol. The van der Waals surface area contributed by atoms with Crippen LogP contribution in [0.2, 0.25) is 0 Å². The van der Waals surface area contributed by atoms with Crippen LogP contribution in [0.4, 0.5) is 0 Å². The number of H-pyrrole nitrogens is 1. The van der Waals surface area contributed by atoms with Gasteiger partial charge in [-0.15, -0.1) is 0 Å². The Hall–Kier alpha value is -3.80. The van der Waals surface area contributed by atoms with E-state index in [2.05, 4.69) is 28.3 Å². The monoisotopic (exact) mass is 415 g/mol. The quantitative estimate of drug-likeness (QED) is 0.465. The largest absolute Gasteiger partial charge is 0.493 e. The number of amides is 1. The predicted octanol–water partition coefficient (Wildman–Crippen LogP) is 4.53. The number of fused-ring (bicyclic) bond motifs is 1. The third-order valence-electron chi connectivity index (χ3n) is 5.21. The zero-order chi connectivity index (χ0) is 21.8. The highest BCUT2D eigenvalue weighted by Gasteiger charge is 2.09. The summed E-state index contributed by atoms with van der Waals surface area (Å²) in [5, 5.41) is 2.97. The maximum Gasteiger partial charge on any atom is 0.251 e. The van der Waals surface area contributed by atoms with Gasteiger partial charge in [0.1, 0.15) is 5.82 Å². The minimum absolute atomic E-state index is 0.104. The Labute approximate surface area is 181 Å². The van der Waals surface area contributed by atoms with Gasteiger partial charge in [-0.2, -0.15) is 0 Å². The molecule has 2 N–H and O–H groups in total. The lowest BCUT2D eigenvalue weighted by Gasteiger charge is -2.10. The van der Waals surface area contributed by atoms with Gasteiger partial charge in [-0.05, 0) is 60.9 Å². The standard InChI is InChI=1S/C25H25N3O3/c1-16-4-10-20-21(14-16)28-24(27-20)18-6-8-19(9-7-18)25(29)26-13-12-17-5-11-22(30-2)23(15-17)31-3/h4-11,14-15H,12-13H2,1-3H3,(H,26,29)(H,27,28). The number of aromatic amines is 1. The molecule has 158 valence electrons. The number of hydrogen-bond donors (Lipinski definition) is 2. The molecule has 4 rings (SSSR count). The van der Waals surface area contributed by atoms with Crippen molar-refractivity contribution in [1.82, 2.24) is 15.3 Å². The number of rotatable bonds is 7. The van der Waals surface area contributed by atoms with Crippen LogP contribution in [0.3, 0.4) is 0 Å². The summed E-state index contributed by atoms with van der Waals surface area (Å²) in [5.74, 6) is 2.06. The molecule has 0 radical (unpaired) electrons. The molecule has 3 aromatic carbocycles. The van der Waals surface area contributed by atoms with Crippen molar-refractivity contribution >= 4 is 16.9 Å². The Kier molecular flexibility index (Phi) is 5.89. The van der Waals surface area contributed by atoms with Gasteiger partial charge >= 0.3 is 0 Å². The Morgan fingerprint density at radius 2 is 1.74 bits per heavy atom. The maximum absolute atomic E-state index is 12.5. The number of hydrogen-bond acceptors (Lipinski definition) is 4. The van der Waals surface area contributed by atoms with E-state index in [0.717, 1.165) is 28.0 Å². The van der Waals surface area contributed by atoms with Gasteiger partial charge in [-0.25, -0.2) is 4.98 Å². The first-order chi connectivity index (χ1) is 15.1. The minimum atomic E-state index is -0.104. The second kappa shape index (κ2) is 8.92. The number of carbonyl (C=O) groups excluding carboxylic acids is 1. The van der Waals surface area contributed by atoms with Crippen molar-refractivity contribution < 1.29 is 14.3 Å². The summed E-state index contributed by atoms with van der Waals surface area (Å²) in [6.45, 7) is 2.58. The molecule has 0 atom stereocenters. The zero-order valence-corrected chi connectivity index (χ0v) is 17.9. The van der Waals surface area contributed by atoms with E-state index >= 15 is 0 Å². The summed E-state index contributed by atoms with van der Waals surface area (Å²) < 4.78 is 10.6. The van der Waals surface area contributed by atoms with Crippen LogP contribution in [0.5, 0.6) is 11.5 Å². The molecule has 0 aliphatic rings. The third-order valence-corrected chi connectivity index (χ3v) is 5.21. The zero-order valence-electron chi connectivity index (χ0n) is 17.9. The van der Waals surface area contributed by atoms with E-state index in [1.165, 1.54) is 5.56 Å². The number of nitrogens with zero attached hydrogens (tertiary/aromatic N) is 1. The Morgan fingerprint density at radius 1 is 0.968 bits per heavy atom. The van der Waals surface area contributed by atoms with Gasteiger partial charge in [0.2, 0.25) is 0 Å². The lowest BCUT2D eigenvalue weighted by atomic mass is 10.1. The minimum Gasteiger partial charge on any atom is -0.493 e. The van der Waals surface area contributed by atoms with Crippen LogP contribution in [-0.2, 0) is 6.42 Å². The van der Waals surface area contributed by atoms with Gasteiger partial charge in [-0.1, -0.05) is 24.3 Å². The van der Waals surface area contributed by atoms with E-state index in [1.807, 2.05) is 54.6 Å². The van der Waals surface area contributed by atoms with E-state index in [1.54, 1.807) is 14.2 Å². The number of methoxy groups -OCH3 is 2. The van der Waals surface area contributed by atoms with Crippen LogP contribution in [0.15, 0.2) is 60.7 Å². The number of aryl methyl sites for hydroxylation is 1. The summed E-state index contributed by atoms with van der Waals surface area (Å²) in [6.07, 6.45) is 0.697. The van der Waals surface area contributed by atoms with E-state index in [9.17, 15) is 4.79 Å². The third kappa shape index (κ3) is 4.53.